The zero-order valence-corrected chi connectivity index (χ0v) is 12.7. The molecule has 0 radical (unpaired) electrons. The molecule has 6 nitrogen and oxygen atoms in total. The van der Waals surface area contributed by atoms with Gasteiger partial charge in [-0.25, -0.2) is 12.8 Å². The van der Waals surface area contributed by atoms with E-state index in [4.69, 9.17) is 0 Å². The number of non-ortho nitro benzene ring substituents is 1. The molecule has 0 saturated heterocycles. The molecule has 0 atom stereocenters. The number of anilines is 1. The summed E-state index contributed by atoms with van der Waals surface area (Å²) in [6.45, 7) is 0. The predicted octanol–water partition coefficient (Wildman–Crippen LogP) is 3.30. The summed E-state index contributed by atoms with van der Waals surface area (Å²) < 4.78 is 40.1. The van der Waals surface area contributed by atoms with E-state index in [1.165, 1.54) is 18.2 Å². The van der Waals surface area contributed by atoms with Crippen molar-refractivity contribution in [2.45, 2.75) is 4.90 Å². The molecular weight excluding hydrogens is 367 g/mol. The van der Waals surface area contributed by atoms with Crippen molar-refractivity contribution in [2.75, 3.05) is 4.72 Å². The van der Waals surface area contributed by atoms with Crippen LogP contribution in [0, 0.1) is 15.9 Å². The van der Waals surface area contributed by atoms with Crippen LogP contribution in [0.4, 0.5) is 15.8 Å². The Bertz CT molecular complexity index is 811. The molecule has 21 heavy (non-hydrogen) atoms. The molecular formula is C12H8BrFN2O4S. The number of nitrogens with zero attached hydrogens (tertiary/aromatic N) is 1. The summed E-state index contributed by atoms with van der Waals surface area (Å²) in [5, 5.41) is 10.6. The molecule has 2 rings (SSSR count). The molecule has 0 bridgehead atoms. The second kappa shape index (κ2) is 5.78. The molecule has 0 aromatic heterocycles. The number of nitro benzene ring substituents is 1. The third-order valence-corrected chi connectivity index (χ3v) is 4.59. The van der Waals surface area contributed by atoms with Crippen molar-refractivity contribution in [3.05, 3.63) is 62.9 Å². The Morgan fingerprint density at radius 2 is 1.86 bits per heavy atom. The zero-order valence-electron chi connectivity index (χ0n) is 10.3. The SMILES string of the molecule is O=[N+]([O-])c1ccc(NS(=O)(=O)c2ccccc2F)c(Br)c1. The molecule has 0 fully saturated rings. The van der Waals surface area contributed by atoms with Crippen molar-refractivity contribution >= 4 is 37.3 Å². The predicted molar refractivity (Wildman–Crippen MR) is 78.0 cm³/mol. The van der Waals surface area contributed by atoms with Gasteiger partial charge in [0.2, 0.25) is 0 Å². The number of benzene rings is 2. The molecule has 2 aromatic rings. The smallest absolute Gasteiger partial charge is 0.270 e. The number of nitrogens with one attached hydrogen (secondary N) is 1. The first kappa shape index (κ1) is 15.4. The van der Waals surface area contributed by atoms with E-state index in [9.17, 15) is 22.9 Å². The van der Waals surface area contributed by atoms with Crippen LogP contribution in [0.3, 0.4) is 0 Å². The Balaban J connectivity index is 2.38. The van der Waals surface area contributed by atoms with Crippen molar-refractivity contribution in [1.29, 1.82) is 0 Å². The zero-order chi connectivity index (χ0) is 15.6. The fourth-order valence-electron chi connectivity index (χ4n) is 1.56. The fourth-order valence-corrected chi connectivity index (χ4v) is 3.32. The third-order valence-electron chi connectivity index (χ3n) is 2.53. The topological polar surface area (TPSA) is 89.3 Å². The van der Waals surface area contributed by atoms with Gasteiger partial charge in [-0.2, -0.15) is 0 Å². The number of hydrogen-bond donors (Lipinski definition) is 1. The van der Waals surface area contributed by atoms with E-state index in [1.807, 2.05) is 0 Å². The Kier molecular flexibility index (Phi) is 4.24. The van der Waals surface area contributed by atoms with Gasteiger partial charge in [0.15, 0.2) is 0 Å². The summed E-state index contributed by atoms with van der Waals surface area (Å²) in [5.41, 5.74) is -0.125. The second-order valence-electron chi connectivity index (χ2n) is 3.96. The van der Waals surface area contributed by atoms with Gasteiger partial charge in [-0.3, -0.25) is 14.8 Å². The average molecular weight is 375 g/mol. The highest BCUT2D eigenvalue weighted by Gasteiger charge is 2.20. The van der Waals surface area contributed by atoms with E-state index in [0.717, 1.165) is 24.3 Å². The Morgan fingerprint density at radius 1 is 1.19 bits per heavy atom. The van der Waals surface area contributed by atoms with Crippen LogP contribution >= 0.6 is 15.9 Å². The van der Waals surface area contributed by atoms with Crippen molar-refractivity contribution in [3.8, 4) is 0 Å². The lowest BCUT2D eigenvalue weighted by Gasteiger charge is -2.10. The number of rotatable bonds is 4. The third kappa shape index (κ3) is 3.37. The second-order valence-corrected chi connectivity index (χ2v) is 6.46. The van der Waals surface area contributed by atoms with Crippen LogP contribution < -0.4 is 4.72 Å². The van der Waals surface area contributed by atoms with E-state index < -0.39 is 25.7 Å². The highest BCUT2D eigenvalue weighted by molar-refractivity contribution is 9.10. The molecule has 110 valence electrons. The molecule has 9 heteroatoms. The highest BCUT2D eigenvalue weighted by Crippen LogP contribution is 2.29. The summed E-state index contributed by atoms with van der Waals surface area (Å²) in [4.78, 5) is 9.50. The largest absolute Gasteiger partial charge is 0.278 e. The first-order valence-electron chi connectivity index (χ1n) is 5.52. The molecule has 0 aliphatic rings. The molecule has 0 spiro atoms. The minimum absolute atomic E-state index is 0.0730. The normalized spacial score (nSPS) is 11.1. The van der Waals surface area contributed by atoms with Gasteiger partial charge in [0.1, 0.15) is 10.7 Å². The van der Waals surface area contributed by atoms with E-state index in [2.05, 4.69) is 20.7 Å². The first-order valence-corrected chi connectivity index (χ1v) is 7.80. The average Bonchev–Trinajstić information content (AvgIpc) is 2.41. The summed E-state index contributed by atoms with van der Waals surface area (Å²) in [6, 6.07) is 8.43. The molecule has 0 aliphatic heterocycles. The number of nitro groups is 1. The van der Waals surface area contributed by atoms with Gasteiger partial charge in [0, 0.05) is 16.6 Å². The Morgan fingerprint density at radius 3 is 2.43 bits per heavy atom. The highest BCUT2D eigenvalue weighted by atomic mass is 79.9. The van der Waals surface area contributed by atoms with Crippen molar-refractivity contribution in [3.63, 3.8) is 0 Å². The van der Waals surface area contributed by atoms with Crippen molar-refractivity contribution in [1.82, 2.24) is 0 Å². The van der Waals surface area contributed by atoms with Crippen LogP contribution in [0.25, 0.3) is 0 Å². The van der Waals surface area contributed by atoms with Gasteiger partial charge in [-0.05, 0) is 34.1 Å². The van der Waals surface area contributed by atoms with E-state index in [1.54, 1.807) is 0 Å². The van der Waals surface area contributed by atoms with Crippen LogP contribution in [-0.2, 0) is 10.0 Å². The summed E-state index contributed by atoms with van der Waals surface area (Å²) >= 11 is 3.03. The van der Waals surface area contributed by atoms with Crippen LogP contribution in [0.1, 0.15) is 0 Å². The van der Waals surface area contributed by atoms with Crippen LogP contribution in [-0.4, -0.2) is 13.3 Å². The molecule has 0 saturated carbocycles. The standard InChI is InChI=1S/C12H8BrFN2O4S/c13-9-7-8(16(17)18)5-6-11(9)15-21(19,20)12-4-2-1-3-10(12)14/h1-7,15H. The lowest BCUT2D eigenvalue weighted by molar-refractivity contribution is -0.384. The molecule has 0 unspecified atom stereocenters. The number of hydrogen-bond acceptors (Lipinski definition) is 4. The maximum Gasteiger partial charge on any atom is 0.270 e. The van der Waals surface area contributed by atoms with Gasteiger partial charge in [-0.1, -0.05) is 12.1 Å². The maximum atomic E-state index is 13.5. The molecule has 0 aliphatic carbocycles. The monoisotopic (exact) mass is 374 g/mol. The Labute approximate surface area is 127 Å². The van der Waals surface area contributed by atoms with Crippen LogP contribution in [0.2, 0.25) is 0 Å². The van der Waals surface area contributed by atoms with E-state index >= 15 is 0 Å². The lowest BCUT2D eigenvalue weighted by Crippen LogP contribution is -2.14. The van der Waals surface area contributed by atoms with Crippen molar-refractivity contribution in [2.24, 2.45) is 0 Å². The van der Waals surface area contributed by atoms with E-state index in [-0.39, 0.29) is 15.8 Å². The minimum atomic E-state index is -4.12. The quantitative estimate of drug-likeness (QED) is 0.656. The summed E-state index contributed by atoms with van der Waals surface area (Å²) in [5.74, 6) is -0.886. The van der Waals surface area contributed by atoms with Crippen molar-refractivity contribution < 1.29 is 17.7 Å². The summed E-state index contributed by atoms with van der Waals surface area (Å²) in [6.07, 6.45) is 0. The van der Waals surface area contributed by atoms with Crippen LogP contribution in [0.5, 0.6) is 0 Å². The van der Waals surface area contributed by atoms with Gasteiger partial charge < -0.3 is 0 Å². The van der Waals surface area contributed by atoms with Gasteiger partial charge in [0.05, 0.1) is 10.6 Å². The number of halogens is 2. The van der Waals surface area contributed by atoms with Crippen LogP contribution in [0.15, 0.2) is 51.8 Å². The lowest BCUT2D eigenvalue weighted by atomic mass is 10.3. The van der Waals surface area contributed by atoms with Gasteiger partial charge in [0.25, 0.3) is 15.7 Å². The number of sulfonamides is 1. The molecule has 1 N–H and O–H groups in total. The molecule has 0 amide bonds. The fraction of sp³-hybridized carbons (Fsp3) is 0. The molecule has 0 heterocycles. The maximum absolute atomic E-state index is 13.5. The first-order chi connectivity index (χ1) is 9.81. The summed E-state index contributed by atoms with van der Waals surface area (Å²) in [7, 11) is -4.12. The molecule has 2 aromatic carbocycles. The van der Waals surface area contributed by atoms with Gasteiger partial charge >= 0.3 is 0 Å². The van der Waals surface area contributed by atoms with E-state index in [0.29, 0.717) is 0 Å². The minimum Gasteiger partial charge on any atom is -0.278 e. The Hall–Kier alpha value is -2.00. The van der Waals surface area contributed by atoms with Gasteiger partial charge in [-0.15, -0.1) is 0 Å².